The van der Waals surface area contributed by atoms with Crippen molar-refractivity contribution in [2.45, 2.75) is 13.8 Å². The van der Waals surface area contributed by atoms with Crippen LogP contribution in [0.2, 0.25) is 0 Å². The third-order valence-electron chi connectivity index (χ3n) is 3.17. The first kappa shape index (κ1) is 13.9. The zero-order valence-electron chi connectivity index (χ0n) is 11.8. The zero-order chi connectivity index (χ0) is 14.9. The summed E-state index contributed by atoms with van der Waals surface area (Å²) in [4.78, 5) is 8.70. The van der Waals surface area contributed by atoms with Gasteiger partial charge in [-0.3, -0.25) is 0 Å². The number of aryl methyl sites for hydroxylation is 1. The van der Waals surface area contributed by atoms with Crippen LogP contribution in [0.5, 0.6) is 11.8 Å². The summed E-state index contributed by atoms with van der Waals surface area (Å²) in [5.41, 5.74) is 9.21. The number of hydrogen-bond donors (Lipinski definition) is 2. The number of nitrogens with two attached hydrogens (primary N) is 1. The summed E-state index contributed by atoms with van der Waals surface area (Å²) in [7, 11) is 2.96. The number of benzene rings is 1. The normalized spacial score (nSPS) is 11.7. The SMILES string of the molecule is COc1nc2cc(C)c(C)c(/C(N)=N/O)c2nc1OC. The van der Waals surface area contributed by atoms with Crippen LogP contribution < -0.4 is 15.2 Å². The molecule has 2 aromatic rings. The third kappa shape index (κ3) is 2.07. The Morgan fingerprint density at radius 1 is 1.20 bits per heavy atom. The first-order chi connectivity index (χ1) is 9.53. The fraction of sp³-hybridized carbons (Fsp3) is 0.308. The van der Waals surface area contributed by atoms with Crippen LogP contribution in [0.4, 0.5) is 0 Å². The quantitative estimate of drug-likeness (QED) is 0.380. The molecule has 0 aliphatic rings. The number of methoxy groups -OCH3 is 2. The van der Waals surface area contributed by atoms with Gasteiger partial charge in [-0.1, -0.05) is 5.16 Å². The average Bonchev–Trinajstić information content (AvgIpc) is 2.46. The minimum Gasteiger partial charge on any atom is -0.477 e. The molecule has 20 heavy (non-hydrogen) atoms. The monoisotopic (exact) mass is 276 g/mol. The van der Waals surface area contributed by atoms with Crippen molar-refractivity contribution in [1.82, 2.24) is 9.97 Å². The molecule has 0 amide bonds. The number of ether oxygens (including phenoxy) is 2. The van der Waals surface area contributed by atoms with Crippen LogP contribution in [0, 0.1) is 13.8 Å². The van der Waals surface area contributed by atoms with E-state index in [4.69, 9.17) is 20.4 Å². The van der Waals surface area contributed by atoms with E-state index in [1.807, 2.05) is 19.9 Å². The standard InChI is InChI=1S/C13H16N4O3/c1-6-5-8-10(9(7(6)2)11(14)17-18)16-13(20-4)12(15-8)19-3/h5,18H,1-4H3,(H2,14,17). The van der Waals surface area contributed by atoms with Crippen LogP contribution in [0.15, 0.2) is 11.2 Å². The van der Waals surface area contributed by atoms with Crippen molar-refractivity contribution in [1.29, 1.82) is 0 Å². The van der Waals surface area contributed by atoms with Gasteiger partial charge in [-0.15, -0.1) is 0 Å². The molecule has 0 fully saturated rings. The van der Waals surface area contributed by atoms with Crippen molar-refractivity contribution in [2.24, 2.45) is 10.9 Å². The van der Waals surface area contributed by atoms with Crippen LogP contribution in [0.25, 0.3) is 11.0 Å². The molecule has 1 heterocycles. The number of fused-ring (bicyclic) bond motifs is 1. The van der Waals surface area contributed by atoms with Crippen LogP contribution in [0.3, 0.4) is 0 Å². The Labute approximate surface area is 116 Å². The first-order valence-electron chi connectivity index (χ1n) is 5.91. The summed E-state index contributed by atoms with van der Waals surface area (Å²) in [6.07, 6.45) is 0. The van der Waals surface area contributed by atoms with Gasteiger partial charge in [0, 0.05) is 0 Å². The largest absolute Gasteiger partial charge is 0.477 e. The summed E-state index contributed by atoms with van der Waals surface area (Å²) in [6, 6.07) is 1.87. The number of oxime groups is 1. The van der Waals surface area contributed by atoms with Crippen molar-refractivity contribution in [3.05, 3.63) is 22.8 Å². The minimum atomic E-state index is -0.0160. The molecule has 1 aromatic carbocycles. The second-order valence-electron chi connectivity index (χ2n) is 4.29. The topological polar surface area (TPSA) is 103 Å². The van der Waals surface area contributed by atoms with E-state index in [-0.39, 0.29) is 17.6 Å². The molecule has 0 unspecified atom stereocenters. The molecule has 1 aromatic heterocycles. The number of hydrogen-bond acceptors (Lipinski definition) is 6. The fourth-order valence-corrected chi connectivity index (χ4v) is 2.02. The number of amidine groups is 1. The summed E-state index contributed by atoms with van der Waals surface area (Å²) < 4.78 is 10.3. The Morgan fingerprint density at radius 3 is 2.35 bits per heavy atom. The molecule has 2 rings (SSSR count). The van der Waals surface area contributed by atoms with E-state index >= 15 is 0 Å². The van der Waals surface area contributed by atoms with E-state index in [2.05, 4.69) is 15.1 Å². The lowest BCUT2D eigenvalue weighted by atomic mass is 10.0. The van der Waals surface area contributed by atoms with Gasteiger partial charge in [0.1, 0.15) is 5.52 Å². The molecule has 0 saturated carbocycles. The van der Waals surface area contributed by atoms with Crippen LogP contribution >= 0.6 is 0 Å². The lowest BCUT2D eigenvalue weighted by Gasteiger charge is -2.13. The van der Waals surface area contributed by atoms with Gasteiger partial charge in [0.15, 0.2) is 5.84 Å². The second-order valence-corrected chi connectivity index (χ2v) is 4.29. The molecule has 106 valence electrons. The molecule has 0 bridgehead atoms. The van der Waals surface area contributed by atoms with E-state index in [1.54, 1.807) is 0 Å². The zero-order valence-corrected chi connectivity index (χ0v) is 11.8. The lowest BCUT2D eigenvalue weighted by molar-refractivity contribution is 0.318. The Kier molecular flexibility index (Phi) is 3.60. The van der Waals surface area contributed by atoms with E-state index in [9.17, 15) is 0 Å². The van der Waals surface area contributed by atoms with E-state index in [1.165, 1.54) is 14.2 Å². The Bertz CT molecular complexity index is 698. The summed E-state index contributed by atoms with van der Waals surface area (Å²) in [5, 5.41) is 12.0. The molecule has 7 nitrogen and oxygen atoms in total. The molecule has 0 spiro atoms. The van der Waals surface area contributed by atoms with E-state index in [0.717, 1.165) is 11.1 Å². The van der Waals surface area contributed by atoms with Crippen molar-refractivity contribution < 1.29 is 14.7 Å². The summed E-state index contributed by atoms with van der Waals surface area (Å²) in [5.74, 6) is 0.515. The molecule has 0 atom stereocenters. The van der Waals surface area contributed by atoms with Crippen LogP contribution in [-0.4, -0.2) is 35.2 Å². The first-order valence-corrected chi connectivity index (χ1v) is 5.91. The van der Waals surface area contributed by atoms with Gasteiger partial charge in [-0.25, -0.2) is 9.97 Å². The highest BCUT2D eigenvalue weighted by Crippen LogP contribution is 2.29. The molecule has 0 saturated heterocycles. The third-order valence-corrected chi connectivity index (χ3v) is 3.17. The summed E-state index contributed by atoms with van der Waals surface area (Å²) >= 11 is 0. The molecule has 0 radical (unpaired) electrons. The number of aromatic nitrogens is 2. The van der Waals surface area contributed by atoms with Gasteiger partial charge in [0.2, 0.25) is 0 Å². The maximum absolute atomic E-state index is 8.95. The van der Waals surface area contributed by atoms with Gasteiger partial charge in [0.05, 0.1) is 25.3 Å². The summed E-state index contributed by atoms with van der Waals surface area (Å²) in [6.45, 7) is 3.79. The second kappa shape index (κ2) is 5.20. The lowest BCUT2D eigenvalue weighted by Crippen LogP contribution is -2.17. The maximum Gasteiger partial charge on any atom is 0.278 e. The van der Waals surface area contributed by atoms with Gasteiger partial charge >= 0.3 is 0 Å². The Hall–Kier alpha value is -2.57. The van der Waals surface area contributed by atoms with Gasteiger partial charge in [-0.2, -0.15) is 0 Å². The van der Waals surface area contributed by atoms with Crippen LogP contribution in [-0.2, 0) is 0 Å². The molecular weight excluding hydrogens is 260 g/mol. The highest BCUT2D eigenvalue weighted by Gasteiger charge is 2.18. The van der Waals surface area contributed by atoms with E-state index < -0.39 is 0 Å². The molecule has 3 N–H and O–H groups in total. The average molecular weight is 276 g/mol. The molecule has 0 aliphatic carbocycles. The van der Waals surface area contributed by atoms with Crippen molar-refractivity contribution in [2.75, 3.05) is 14.2 Å². The van der Waals surface area contributed by atoms with Crippen molar-refractivity contribution >= 4 is 16.9 Å². The highest BCUT2D eigenvalue weighted by molar-refractivity contribution is 6.08. The predicted octanol–water partition coefficient (Wildman–Crippen LogP) is 1.36. The van der Waals surface area contributed by atoms with Crippen molar-refractivity contribution in [3.63, 3.8) is 0 Å². The molecule has 0 aliphatic heterocycles. The molecular formula is C13H16N4O3. The predicted molar refractivity (Wildman–Crippen MR) is 74.6 cm³/mol. The van der Waals surface area contributed by atoms with Gasteiger partial charge < -0.3 is 20.4 Å². The Morgan fingerprint density at radius 2 is 1.80 bits per heavy atom. The van der Waals surface area contributed by atoms with Crippen LogP contribution in [0.1, 0.15) is 16.7 Å². The number of rotatable bonds is 3. The van der Waals surface area contributed by atoms with E-state index in [0.29, 0.717) is 16.6 Å². The van der Waals surface area contributed by atoms with Crippen molar-refractivity contribution in [3.8, 4) is 11.8 Å². The smallest absolute Gasteiger partial charge is 0.278 e. The number of nitrogens with zero attached hydrogens (tertiary/aromatic N) is 3. The Balaban J connectivity index is 2.92. The fourth-order valence-electron chi connectivity index (χ4n) is 2.02. The molecule has 7 heteroatoms. The van der Waals surface area contributed by atoms with Gasteiger partial charge in [0.25, 0.3) is 11.8 Å². The highest BCUT2D eigenvalue weighted by atomic mass is 16.5. The maximum atomic E-state index is 8.95. The minimum absolute atomic E-state index is 0.0160. The van der Waals surface area contributed by atoms with Gasteiger partial charge in [-0.05, 0) is 31.0 Å².